The van der Waals surface area contributed by atoms with Gasteiger partial charge < -0.3 is 0 Å². The third-order valence-electron chi connectivity index (χ3n) is 0.922. The first-order valence-corrected chi connectivity index (χ1v) is 2.43. The Hall–Kier alpha value is -0.253. The van der Waals surface area contributed by atoms with Gasteiger partial charge in [-0.2, -0.15) is 17.7 Å². The summed E-state index contributed by atoms with van der Waals surface area (Å²) < 4.78 is 12.1. The van der Waals surface area contributed by atoms with Crippen LogP contribution in [0.3, 0.4) is 0 Å². The first-order valence-electron chi connectivity index (χ1n) is 2.43. The molecule has 0 radical (unpaired) electrons. The van der Waals surface area contributed by atoms with Gasteiger partial charge in [0.05, 0.1) is 0 Å². The second kappa shape index (κ2) is 3.71. The van der Waals surface area contributed by atoms with Crippen LogP contribution in [-0.4, -0.2) is 0 Å². The van der Waals surface area contributed by atoms with Gasteiger partial charge in [-0.1, -0.05) is 6.92 Å². The molecule has 0 fully saturated rings. The molecule has 0 amide bonds. The van der Waals surface area contributed by atoms with Crippen LogP contribution in [0.4, 0.5) is 4.39 Å². The molecule has 1 aromatic rings. The Morgan fingerprint density at radius 2 is 2.22 bits per heavy atom. The molecule has 0 bridgehead atoms. The third kappa shape index (κ3) is 2.69. The van der Waals surface area contributed by atoms with Gasteiger partial charge in [-0.15, -0.1) is 12.1 Å². The molecule has 42 valence electrons. The Morgan fingerprint density at radius 1 is 1.56 bits per heavy atom. The van der Waals surface area contributed by atoms with Crippen LogP contribution in [0.2, 0.25) is 0 Å². The fourth-order valence-corrected chi connectivity index (χ4v) is 0.542. The van der Waals surface area contributed by atoms with Crippen LogP contribution >= 0.6 is 0 Å². The minimum absolute atomic E-state index is 0. The van der Waals surface area contributed by atoms with Gasteiger partial charge in [-0.25, -0.2) is 4.39 Å². The van der Waals surface area contributed by atoms with Crippen molar-refractivity contribution in [3.8, 4) is 0 Å². The van der Waals surface area contributed by atoms with E-state index in [-0.39, 0.29) is 24.7 Å². The standard InChI is InChI=1S/C7H6F.Li/c1-6-3-2-4-7(8)5-6;/h2-3,5H,1H3;/q-1;+1. The summed E-state index contributed by atoms with van der Waals surface area (Å²) in [5.41, 5.74) is 0.932. The summed E-state index contributed by atoms with van der Waals surface area (Å²) in [5, 5.41) is 0. The van der Waals surface area contributed by atoms with Crippen LogP contribution < -0.4 is 18.9 Å². The zero-order chi connectivity index (χ0) is 5.98. The Kier molecular flexibility index (Phi) is 3.61. The van der Waals surface area contributed by atoms with E-state index in [1.165, 1.54) is 6.07 Å². The number of benzene rings is 1. The Morgan fingerprint density at radius 3 is 2.56 bits per heavy atom. The summed E-state index contributed by atoms with van der Waals surface area (Å²) in [6, 6.07) is 7.23. The van der Waals surface area contributed by atoms with Crippen molar-refractivity contribution in [2.24, 2.45) is 0 Å². The summed E-state index contributed by atoms with van der Waals surface area (Å²) in [7, 11) is 0. The Labute approximate surface area is 66.3 Å². The average molecular weight is 116 g/mol. The fraction of sp³-hybridized carbons (Fsp3) is 0.143. The number of aryl methyl sites for hydroxylation is 1. The summed E-state index contributed by atoms with van der Waals surface area (Å²) >= 11 is 0. The summed E-state index contributed by atoms with van der Waals surface area (Å²) in [4.78, 5) is 0. The predicted molar refractivity (Wildman–Crippen MR) is 30.0 cm³/mol. The monoisotopic (exact) mass is 116 g/mol. The van der Waals surface area contributed by atoms with Crippen molar-refractivity contribution in [1.29, 1.82) is 0 Å². The SMILES string of the molecule is Cc1cc[c-]c(F)c1.[Li+]. The van der Waals surface area contributed by atoms with E-state index >= 15 is 0 Å². The molecule has 0 aromatic heterocycles. The van der Waals surface area contributed by atoms with E-state index in [1.54, 1.807) is 6.07 Å². The van der Waals surface area contributed by atoms with Gasteiger partial charge in [0.15, 0.2) is 0 Å². The van der Waals surface area contributed by atoms with E-state index in [0.29, 0.717) is 0 Å². The molecule has 0 atom stereocenters. The smallest absolute Gasteiger partial charge is 0.236 e. The molecule has 1 rings (SSSR count). The van der Waals surface area contributed by atoms with Crippen molar-refractivity contribution < 1.29 is 23.3 Å². The first-order chi connectivity index (χ1) is 3.79. The maximum Gasteiger partial charge on any atom is 1.00 e. The van der Waals surface area contributed by atoms with Crippen LogP contribution in [0.1, 0.15) is 5.56 Å². The summed E-state index contributed by atoms with van der Waals surface area (Å²) in [6.45, 7) is 1.84. The van der Waals surface area contributed by atoms with Crippen molar-refractivity contribution in [3.63, 3.8) is 0 Å². The molecule has 0 saturated heterocycles. The van der Waals surface area contributed by atoms with E-state index in [2.05, 4.69) is 6.07 Å². The van der Waals surface area contributed by atoms with E-state index in [9.17, 15) is 4.39 Å². The zero-order valence-corrected chi connectivity index (χ0v) is 5.61. The summed E-state index contributed by atoms with van der Waals surface area (Å²) in [6.07, 6.45) is 0. The molecule has 1 aromatic carbocycles. The van der Waals surface area contributed by atoms with E-state index in [1.807, 2.05) is 13.0 Å². The third-order valence-corrected chi connectivity index (χ3v) is 0.922. The summed E-state index contributed by atoms with van der Waals surface area (Å²) in [5.74, 6) is -0.287. The van der Waals surface area contributed by atoms with Crippen molar-refractivity contribution in [1.82, 2.24) is 0 Å². The van der Waals surface area contributed by atoms with E-state index in [4.69, 9.17) is 0 Å². The van der Waals surface area contributed by atoms with Crippen molar-refractivity contribution in [2.45, 2.75) is 6.92 Å². The molecule has 0 heterocycles. The average Bonchev–Trinajstić information content (AvgIpc) is 1.64. The van der Waals surface area contributed by atoms with Gasteiger partial charge >= 0.3 is 18.9 Å². The number of halogens is 1. The van der Waals surface area contributed by atoms with Crippen LogP contribution in [0, 0.1) is 18.8 Å². The minimum Gasteiger partial charge on any atom is -0.236 e. The molecule has 0 aliphatic heterocycles. The van der Waals surface area contributed by atoms with Crippen molar-refractivity contribution in [2.75, 3.05) is 0 Å². The van der Waals surface area contributed by atoms with Crippen LogP contribution in [-0.2, 0) is 0 Å². The van der Waals surface area contributed by atoms with Gasteiger partial charge in [0.1, 0.15) is 0 Å². The van der Waals surface area contributed by atoms with Crippen molar-refractivity contribution in [3.05, 3.63) is 35.6 Å². The van der Waals surface area contributed by atoms with Gasteiger partial charge in [0, 0.05) is 5.82 Å². The van der Waals surface area contributed by atoms with Crippen molar-refractivity contribution >= 4 is 0 Å². The molecule has 0 saturated carbocycles. The molecular formula is C7H6FLi. The Bertz CT molecular complexity index is 169. The quantitative estimate of drug-likeness (QED) is 0.299. The number of hydrogen-bond acceptors (Lipinski definition) is 0. The van der Waals surface area contributed by atoms with Crippen LogP contribution in [0.25, 0.3) is 0 Å². The minimum atomic E-state index is -0.287. The van der Waals surface area contributed by atoms with Crippen LogP contribution in [0.5, 0.6) is 0 Å². The molecule has 9 heavy (non-hydrogen) atoms. The maximum absolute atomic E-state index is 12.1. The van der Waals surface area contributed by atoms with E-state index in [0.717, 1.165) is 5.56 Å². The van der Waals surface area contributed by atoms with Gasteiger partial charge in [-0.3, -0.25) is 0 Å². The molecule has 0 aliphatic carbocycles. The zero-order valence-electron chi connectivity index (χ0n) is 5.61. The largest absolute Gasteiger partial charge is 1.00 e. The van der Waals surface area contributed by atoms with Gasteiger partial charge in [-0.05, 0) is 0 Å². The fourth-order valence-electron chi connectivity index (χ4n) is 0.542. The first kappa shape index (κ1) is 8.75. The maximum atomic E-state index is 12.1. The predicted octanol–water partition coefficient (Wildman–Crippen LogP) is -1.06. The van der Waals surface area contributed by atoms with Crippen LogP contribution in [0.15, 0.2) is 18.2 Å². The van der Waals surface area contributed by atoms with Gasteiger partial charge in [0.2, 0.25) is 0 Å². The second-order valence-electron chi connectivity index (χ2n) is 1.71. The molecule has 0 N–H and O–H groups in total. The van der Waals surface area contributed by atoms with Gasteiger partial charge in [0.25, 0.3) is 0 Å². The molecule has 2 heteroatoms. The molecule has 0 unspecified atom stereocenters. The number of rotatable bonds is 0. The molecule has 0 spiro atoms. The Balaban J connectivity index is 0.000000640. The number of hydrogen-bond donors (Lipinski definition) is 0. The molecule has 0 aliphatic rings. The second-order valence-corrected chi connectivity index (χ2v) is 1.71. The van der Waals surface area contributed by atoms with E-state index < -0.39 is 0 Å². The molecule has 0 nitrogen and oxygen atoms in total. The normalized spacial score (nSPS) is 8.22. The molecular weight excluding hydrogens is 110 g/mol. The topological polar surface area (TPSA) is 0 Å².